The first kappa shape index (κ1) is 22.8. The molecule has 2 aromatic carbocycles. The largest absolute Gasteiger partial charge is 0.490 e. The SMILES string of the molecule is Cc1nnc(-c2cc3c(OC[C@@H](O)CN4CCC(O)(c5ccc6c(c5)OCO6)CC4)cccc3o2)o1. The summed E-state index contributed by atoms with van der Waals surface area (Å²) in [6.07, 6.45) is 0.431. The number of aryl methyl sites for hydroxylation is 1. The third-order valence-corrected chi connectivity index (χ3v) is 6.75. The van der Waals surface area contributed by atoms with Crippen LogP contribution in [0.2, 0.25) is 0 Å². The molecule has 2 aliphatic heterocycles. The van der Waals surface area contributed by atoms with Gasteiger partial charge in [-0.3, -0.25) is 0 Å². The van der Waals surface area contributed by atoms with Gasteiger partial charge in [-0.25, -0.2) is 0 Å². The van der Waals surface area contributed by atoms with Gasteiger partial charge in [0.1, 0.15) is 24.0 Å². The summed E-state index contributed by atoms with van der Waals surface area (Å²) in [5, 5.41) is 30.5. The van der Waals surface area contributed by atoms with E-state index in [9.17, 15) is 10.2 Å². The third kappa shape index (κ3) is 4.39. The first-order chi connectivity index (χ1) is 17.5. The Kier molecular flexibility index (Phi) is 5.79. The maximum absolute atomic E-state index is 11.2. The lowest BCUT2D eigenvalue weighted by atomic mass is 9.84. The zero-order valence-corrected chi connectivity index (χ0v) is 19.8. The van der Waals surface area contributed by atoms with Crippen molar-refractivity contribution in [1.29, 1.82) is 0 Å². The van der Waals surface area contributed by atoms with E-state index < -0.39 is 11.7 Å². The Morgan fingerprint density at radius 3 is 2.69 bits per heavy atom. The van der Waals surface area contributed by atoms with Gasteiger partial charge in [-0.05, 0) is 42.7 Å². The van der Waals surface area contributed by atoms with Gasteiger partial charge in [-0.1, -0.05) is 12.1 Å². The van der Waals surface area contributed by atoms with Crippen LogP contribution in [0.1, 0.15) is 24.3 Å². The highest BCUT2D eigenvalue weighted by Gasteiger charge is 2.35. The van der Waals surface area contributed by atoms with Crippen molar-refractivity contribution in [3.63, 3.8) is 0 Å². The molecule has 0 saturated carbocycles. The van der Waals surface area contributed by atoms with Gasteiger partial charge in [-0.2, -0.15) is 0 Å². The Morgan fingerprint density at radius 1 is 1.06 bits per heavy atom. The Bertz CT molecular complexity index is 1370. The Hall–Kier alpha value is -3.60. The smallest absolute Gasteiger partial charge is 0.283 e. The van der Waals surface area contributed by atoms with E-state index in [2.05, 4.69) is 15.1 Å². The number of hydrogen-bond donors (Lipinski definition) is 2. The van der Waals surface area contributed by atoms with Gasteiger partial charge in [0.05, 0.1) is 11.0 Å². The van der Waals surface area contributed by atoms with Crippen LogP contribution < -0.4 is 14.2 Å². The molecule has 36 heavy (non-hydrogen) atoms. The molecule has 0 unspecified atom stereocenters. The summed E-state index contributed by atoms with van der Waals surface area (Å²) in [7, 11) is 0. The molecule has 2 aromatic heterocycles. The van der Waals surface area contributed by atoms with Crippen molar-refractivity contribution in [2.24, 2.45) is 0 Å². The van der Waals surface area contributed by atoms with Crippen molar-refractivity contribution in [2.45, 2.75) is 31.5 Å². The summed E-state index contributed by atoms with van der Waals surface area (Å²) in [5.41, 5.74) is 0.537. The zero-order chi connectivity index (χ0) is 24.7. The molecule has 1 atom stereocenters. The number of hydrogen-bond acceptors (Lipinski definition) is 10. The molecule has 0 radical (unpaired) electrons. The van der Waals surface area contributed by atoms with Crippen molar-refractivity contribution in [2.75, 3.05) is 33.0 Å². The minimum atomic E-state index is -0.926. The predicted octanol–water partition coefficient (Wildman–Crippen LogP) is 3.24. The van der Waals surface area contributed by atoms with E-state index in [1.807, 2.05) is 36.4 Å². The summed E-state index contributed by atoms with van der Waals surface area (Å²) < 4.78 is 28.1. The van der Waals surface area contributed by atoms with E-state index in [-0.39, 0.29) is 13.4 Å². The van der Waals surface area contributed by atoms with Gasteiger partial charge < -0.3 is 38.2 Å². The number of aliphatic hydroxyl groups excluding tert-OH is 1. The van der Waals surface area contributed by atoms with Crippen molar-refractivity contribution >= 4 is 11.0 Å². The second-order valence-corrected chi connectivity index (χ2v) is 9.27. The average molecular weight is 494 g/mol. The number of benzene rings is 2. The average Bonchev–Trinajstić information content (AvgIpc) is 3.63. The maximum atomic E-state index is 11.2. The number of ether oxygens (including phenoxy) is 3. The van der Waals surface area contributed by atoms with Gasteiger partial charge in [0.2, 0.25) is 12.7 Å². The summed E-state index contributed by atoms with van der Waals surface area (Å²) in [5.74, 6) is 3.20. The summed E-state index contributed by atoms with van der Waals surface area (Å²) in [6.45, 7) is 3.82. The van der Waals surface area contributed by atoms with Gasteiger partial charge >= 0.3 is 0 Å². The lowest BCUT2D eigenvalue weighted by molar-refractivity contribution is -0.0373. The van der Waals surface area contributed by atoms with Gasteiger partial charge in [-0.15, -0.1) is 10.2 Å². The second-order valence-electron chi connectivity index (χ2n) is 9.27. The van der Waals surface area contributed by atoms with Crippen molar-refractivity contribution in [3.8, 4) is 28.9 Å². The first-order valence-corrected chi connectivity index (χ1v) is 12.0. The first-order valence-electron chi connectivity index (χ1n) is 12.0. The number of β-amino-alcohol motifs (C(OH)–C–C–N with tert-alkyl or cyclic N) is 1. The molecular formula is C26H27N3O7. The molecule has 0 spiro atoms. The Morgan fingerprint density at radius 2 is 1.89 bits per heavy atom. The van der Waals surface area contributed by atoms with E-state index in [4.69, 9.17) is 23.0 Å². The Labute approximate surface area is 207 Å². The molecule has 10 heteroatoms. The standard InChI is InChI=1S/C26H27N3O7/c1-16-27-28-25(35-16)24-12-19-20(3-2-4-21(19)36-24)32-14-18(30)13-29-9-7-26(31,8-10-29)17-5-6-22-23(11-17)34-15-33-22/h2-6,11-12,18,30-31H,7-10,13-15H2,1H3/t18-/m0/s1. The molecule has 0 amide bonds. The van der Waals surface area contributed by atoms with E-state index in [0.29, 0.717) is 72.8 Å². The molecule has 0 bridgehead atoms. The zero-order valence-electron chi connectivity index (χ0n) is 19.8. The quantitative estimate of drug-likeness (QED) is 0.396. The number of aliphatic hydroxyl groups is 2. The lowest BCUT2D eigenvalue weighted by Gasteiger charge is -2.39. The minimum absolute atomic E-state index is 0.127. The molecule has 10 nitrogen and oxygen atoms in total. The van der Waals surface area contributed by atoms with Crippen LogP contribution in [0.5, 0.6) is 17.2 Å². The Balaban J connectivity index is 1.05. The van der Waals surface area contributed by atoms with Gasteiger partial charge in [0, 0.05) is 32.6 Å². The van der Waals surface area contributed by atoms with Crippen LogP contribution in [0.3, 0.4) is 0 Å². The predicted molar refractivity (Wildman–Crippen MR) is 128 cm³/mol. The van der Waals surface area contributed by atoms with Crippen LogP contribution in [-0.4, -0.2) is 64.4 Å². The molecule has 2 aliphatic rings. The van der Waals surface area contributed by atoms with Crippen LogP contribution in [0, 0.1) is 6.92 Å². The molecule has 0 aliphatic carbocycles. The molecular weight excluding hydrogens is 466 g/mol. The van der Waals surface area contributed by atoms with Gasteiger partial charge in [0.15, 0.2) is 17.3 Å². The third-order valence-electron chi connectivity index (χ3n) is 6.75. The lowest BCUT2D eigenvalue weighted by Crippen LogP contribution is -2.46. The highest BCUT2D eigenvalue weighted by molar-refractivity contribution is 5.87. The summed E-state index contributed by atoms with van der Waals surface area (Å²) in [4.78, 5) is 2.14. The molecule has 188 valence electrons. The number of likely N-dealkylation sites (tertiary alicyclic amines) is 1. The van der Waals surface area contributed by atoms with E-state index in [1.54, 1.807) is 13.0 Å². The summed E-state index contributed by atoms with van der Waals surface area (Å²) in [6, 6.07) is 12.9. The molecule has 2 N–H and O–H groups in total. The second kappa shape index (κ2) is 9.12. The van der Waals surface area contributed by atoms with Crippen LogP contribution in [0.25, 0.3) is 22.6 Å². The van der Waals surface area contributed by atoms with E-state index in [0.717, 1.165) is 10.9 Å². The number of fused-ring (bicyclic) bond motifs is 2. The number of piperidine rings is 1. The normalized spacial score (nSPS) is 18.0. The van der Waals surface area contributed by atoms with Crippen molar-refractivity contribution in [1.82, 2.24) is 15.1 Å². The highest BCUT2D eigenvalue weighted by atomic mass is 16.7. The van der Waals surface area contributed by atoms with Crippen LogP contribution in [0.15, 0.2) is 51.3 Å². The fourth-order valence-corrected chi connectivity index (χ4v) is 4.78. The van der Waals surface area contributed by atoms with E-state index in [1.165, 1.54) is 0 Å². The molecule has 1 saturated heterocycles. The molecule has 1 fully saturated rings. The monoisotopic (exact) mass is 493 g/mol. The molecule has 6 rings (SSSR count). The minimum Gasteiger partial charge on any atom is -0.490 e. The number of furan rings is 1. The topological polar surface area (TPSA) is 123 Å². The van der Waals surface area contributed by atoms with Gasteiger partial charge in [0.25, 0.3) is 5.89 Å². The van der Waals surface area contributed by atoms with Crippen molar-refractivity contribution < 1.29 is 33.3 Å². The fourth-order valence-electron chi connectivity index (χ4n) is 4.78. The molecule has 4 heterocycles. The highest BCUT2D eigenvalue weighted by Crippen LogP contribution is 2.39. The van der Waals surface area contributed by atoms with Crippen LogP contribution in [-0.2, 0) is 5.60 Å². The van der Waals surface area contributed by atoms with Crippen molar-refractivity contribution in [3.05, 3.63) is 53.9 Å². The van der Waals surface area contributed by atoms with E-state index >= 15 is 0 Å². The maximum Gasteiger partial charge on any atom is 0.283 e. The number of nitrogens with zero attached hydrogens (tertiary/aromatic N) is 3. The summed E-state index contributed by atoms with van der Waals surface area (Å²) >= 11 is 0. The fraction of sp³-hybridized carbons (Fsp3) is 0.385. The number of rotatable bonds is 7. The van der Waals surface area contributed by atoms with Crippen LogP contribution in [0.4, 0.5) is 0 Å². The van der Waals surface area contributed by atoms with Crippen LogP contribution >= 0.6 is 0 Å². The molecule has 4 aromatic rings. The number of aromatic nitrogens is 2.